The molecule has 4 heterocycles. The molecule has 1 fully saturated rings. The highest BCUT2D eigenvalue weighted by molar-refractivity contribution is 7.17. The molecule has 0 unspecified atom stereocenters. The van der Waals surface area contributed by atoms with Gasteiger partial charge in [-0.1, -0.05) is 12.1 Å². The van der Waals surface area contributed by atoms with Crippen LogP contribution in [0.4, 0.5) is 17.5 Å². The molecule has 4 aromatic rings. The number of hydrogen-bond donors (Lipinski definition) is 3. The predicted octanol–water partition coefficient (Wildman–Crippen LogP) is 3.62. The van der Waals surface area contributed by atoms with E-state index in [9.17, 15) is 0 Å². The number of anilines is 3. The first-order valence-electron chi connectivity index (χ1n) is 9.44. The molecule has 28 heavy (non-hydrogen) atoms. The number of thiophene rings is 1. The summed E-state index contributed by atoms with van der Waals surface area (Å²) in [6.45, 7) is 3.91. The van der Waals surface area contributed by atoms with Gasteiger partial charge in [0.15, 0.2) is 5.82 Å². The molecule has 8 heteroatoms. The highest BCUT2D eigenvalue weighted by Gasteiger charge is 2.16. The summed E-state index contributed by atoms with van der Waals surface area (Å²) in [5.74, 6) is 1.66. The van der Waals surface area contributed by atoms with E-state index in [-0.39, 0.29) is 0 Å². The maximum absolute atomic E-state index is 4.88. The van der Waals surface area contributed by atoms with Crippen molar-refractivity contribution >= 4 is 39.0 Å². The van der Waals surface area contributed by atoms with Crippen molar-refractivity contribution in [3.05, 3.63) is 48.1 Å². The fraction of sp³-hybridized carbons (Fsp3) is 0.250. The summed E-state index contributed by atoms with van der Waals surface area (Å²) in [4.78, 5) is 11.9. The Hall–Kier alpha value is -2.97. The van der Waals surface area contributed by atoms with Gasteiger partial charge in [0.25, 0.3) is 0 Å². The fourth-order valence-corrected chi connectivity index (χ4v) is 4.19. The quantitative estimate of drug-likeness (QED) is 0.493. The van der Waals surface area contributed by atoms with Gasteiger partial charge >= 0.3 is 0 Å². The largest absolute Gasteiger partial charge is 0.339 e. The van der Waals surface area contributed by atoms with Gasteiger partial charge in [-0.05, 0) is 42.1 Å². The van der Waals surface area contributed by atoms with Gasteiger partial charge in [-0.2, -0.15) is 10.1 Å². The standard InChI is InChI=1S/C20H21N7S/c1-7-21-8-10-27(9-1)20-25-17-6-11-28-18(17)19(26-20)24-16-4-2-14(3-5-16)15-12-22-23-13-15/h2-6,11-13,21H,1,7-10H2,(H,22,23)(H,24,25,26). The lowest BCUT2D eigenvalue weighted by Gasteiger charge is -2.20. The number of benzene rings is 1. The molecule has 1 saturated heterocycles. The van der Waals surface area contributed by atoms with E-state index in [1.165, 1.54) is 0 Å². The number of aromatic nitrogens is 4. The first-order valence-corrected chi connectivity index (χ1v) is 10.3. The summed E-state index contributed by atoms with van der Waals surface area (Å²) in [5.41, 5.74) is 4.20. The van der Waals surface area contributed by atoms with E-state index in [2.05, 4.69) is 61.4 Å². The van der Waals surface area contributed by atoms with Crippen LogP contribution in [-0.4, -0.2) is 46.3 Å². The lowest BCUT2D eigenvalue weighted by atomic mass is 10.1. The van der Waals surface area contributed by atoms with Gasteiger partial charge in [0.2, 0.25) is 5.95 Å². The third-order valence-electron chi connectivity index (χ3n) is 4.89. The van der Waals surface area contributed by atoms with Crippen molar-refractivity contribution in [2.24, 2.45) is 0 Å². The molecule has 142 valence electrons. The van der Waals surface area contributed by atoms with Crippen molar-refractivity contribution in [2.75, 3.05) is 36.4 Å². The lowest BCUT2D eigenvalue weighted by Crippen LogP contribution is -2.29. The van der Waals surface area contributed by atoms with Crippen molar-refractivity contribution < 1.29 is 0 Å². The molecule has 7 nitrogen and oxygen atoms in total. The van der Waals surface area contributed by atoms with Crippen LogP contribution in [0.2, 0.25) is 0 Å². The van der Waals surface area contributed by atoms with Crippen LogP contribution in [-0.2, 0) is 0 Å². The van der Waals surface area contributed by atoms with Gasteiger partial charge in [-0.3, -0.25) is 5.10 Å². The van der Waals surface area contributed by atoms with Gasteiger partial charge in [0, 0.05) is 37.1 Å². The van der Waals surface area contributed by atoms with E-state index in [0.29, 0.717) is 0 Å². The minimum Gasteiger partial charge on any atom is -0.339 e. The van der Waals surface area contributed by atoms with Gasteiger partial charge in [-0.15, -0.1) is 11.3 Å². The summed E-state index contributed by atoms with van der Waals surface area (Å²) in [5, 5.41) is 15.9. The molecule has 1 aliphatic heterocycles. The van der Waals surface area contributed by atoms with Crippen LogP contribution in [0.1, 0.15) is 6.42 Å². The third kappa shape index (κ3) is 3.44. The fourth-order valence-electron chi connectivity index (χ4n) is 3.41. The topological polar surface area (TPSA) is 81.8 Å². The lowest BCUT2D eigenvalue weighted by molar-refractivity contribution is 0.724. The second-order valence-corrected chi connectivity index (χ2v) is 7.70. The maximum atomic E-state index is 4.88. The van der Waals surface area contributed by atoms with Gasteiger partial charge in [0.05, 0.1) is 16.4 Å². The second kappa shape index (κ2) is 7.57. The molecule has 0 atom stereocenters. The monoisotopic (exact) mass is 391 g/mol. The normalized spacial score (nSPS) is 14.9. The number of rotatable bonds is 4. The smallest absolute Gasteiger partial charge is 0.228 e. The molecule has 0 spiro atoms. The Bertz CT molecular complexity index is 1050. The average Bonchev–Trinajstić information content (AvgIpc) is 3.35. The van der Waals surface area contributed by atoms with Crippen molar-refractivity contribution in [3.8, 4) is 11.1 Å². The molecule has 0 radical (unpaired) electrons. The first-order chi connectivity index (χ1) is 13.9. The van der Waals surface area contributed by atoms with Gasteiger partial charge < -0.3 is 15.5 Å². The molecule has 0 bridgehead atoms. The van der Waals surface area contributed by atoms with E-state index < -0.39 is 0 Å². The number of hydrogen-bond acceptors (Lipinski definition) is 7. The van der Waals surface area contributed by atoms with Crippen LogP contribution in [0.25, 0.3) is 21.3 Å². The van der Waals surface area contributed by atoms with E-state index in [1.807, 2.05) is 12.4 Å². The zero-order chi connectivity index (χ0) is 18.8. The number of nitrogens with zero attached hydrogens (tertiary/aromatic N) is 4. The minimum absolute atomic E-state index is 0.798. The van der Waals surface area contributed by atoms with E-state index in [1.54, 1.807) is 11.3 Å². The molecule has 1 aromatic carbocycles. The third-order valence-corrected chi connectivity index (χ3v) is 5.80. The van der Waals surface area contributed by atoms with E-state index in [4.69, 9.17) is 9.97 Å². The molecule has 3 aromatic heterocycles. The highest BCUT2D eigenvalue weighted by Crippen LogP contribution is 2.31. The maximum Gasteiger partial charge on any atom is 0.228 e. The van der Waals surface area contributed by atoms with Crippen LogP contribution < -0.4 is 15.5 Å². The van der Waals surface area contributed by atoms with E-state index in [0.717, 1.165) is 71.4 Å². The van der Waals surface area contributed by atoms with Crippen molar-refractivity contribution in [2.45, 2.75) is 6.42 Å². The molecular formula is C20H21N7S. The van der Waals surface area contributed by atoms with Crippen molar-refractivity contribution in [1.82, 2.24) is 25.5 Å². The van der Waals surface area contributed by atoms with Crippen molar-refractivity contribution in [3.63, 3.8) is 0 Å². The molecule has 0 aliphatic carbocycles. The van der Waals surface area contributed by atoms with Crippen LogP contribution in [0.3, 0.4) is 0 Å². The Morgan fingerprint density at radius 3 is 2.79 bits per heavy atom. The van der Waals surface area contributed by atoms with E-state index >= 15 is 0 Å². The number of aromatic amines is 1. The number of nitrogens with one attached hydrogen (secondary N) is 3. The first kappa shape index (κ1) is 17.2. The Labute approximate surface area is 166 Å². The summed E-state index contributed by atoms with van der Waals surface area (Å²) < 4.78 is 1.08. The van der Waals surface area contributed by atoms with Crippen LogP contribution in [0.15, 0.2) is 48.1 Å². The molecular weight excluding hydrogens is 370 g/mol. The second-order valence-electron chi connectivity index (χ2n) is 6.79. The molecule has 0 amide bonds. The molecule has 5 rings (SSSR count). The van der Waals surface area contributed by atoms with Crippen LogP contribution >= 0.6 is 11.3 Å². The zero-order valence-electron chi connectivity index (χ0n) is 15.4. The minimum atomic E-state index is 0.798. The SMILES string of the molecule is c1cc2nc(N3CCCNCC3)nc(Nc3ccc(-c4cn[nH]c4)cc3)c2s1. The molecule has 0 saturated carbocycles. The summed E-state index contributed by atoms with van der Waals surface area (Å²) in [6, 6.07) is 10.4. The van der Waals surface area contributed by atoms with Gasteiger partial charge in [-0.25, -0.2) is 4.98 Å². The summed E-state index contributed by atoms with van der Waals surface area (Å²) >= 11 is 1.66. The Morgan fingerprint density at radius 2 is 1.93 bits per heavy atom. The number of H-pyrrole nitrogens is 1. The van der Waals surface area contributed by atoms with Crippen LogP contribution in [0, 0.1) is 0 Å². The molecule has 1 aliphatic rings. The highest BCUT2D eigenvalue weighted by atomic mass is 32.1. The Balaban J connectivity index is 1.45. The van der Waals surface area contributed by atoms with Crippen molar-refractivity contribution in [1.29, 1.82) is 0 Å². The predicted molar refractivity (Wildman–Crippen MR) is 114 cm³/mol. The Kier molecular flexibility index (Phi) is 4.64. The van der Waals surface area contributed by atoms with Crippen LogP contribution in [0.5, 0.6) is 0 Å². The summed E-state index contributed by atoms with van der Waals surface area (Å²) in [7, 11) is 0. The average molecular weight is 392 g/mol. The summed E-state index contributed by atoms with van der Waals surface area (Å²) in [6.07, 6.45) is 4.82. The Morgan fingerprint density at radius 1 is 1.00 bits per heavy atom. The zero-order valence-corrected chi connectivity index (χ0v) is 16.2. The number of fused-ring (bicyclic) bond motifs is 1. The van der Waals surface area contributed by atoms with Gasteiger partial charge in [0.1, 0.15) is 0 Å². The molecule has 3 N–H and O–H groups in total.